The van der Waals surface area contributed by atoms with Gasteiger partial charge in [0.15, 0.2) is 5.78 Å². The third-order valence-electron chi connectivity index (χ3n) is 3.59. The molecule has 0 saturated carbocycles. The minimum atomic E-state index is 0.0413. The Bertz CT molecular complexity index is 861. The van der Waals surface area contributed by atoms with Crippen LogP contribution in [0.25, 0.3) is 0 Å². The number of ether oxygens (including phenoxy) is 1. The molecule has 0 radical (unpaired) electrons. The van der Waals surface area contributed by atoms with E-state index in [-0.39, 0.29) is 5.78 Å². The molecule has 25 heavy (non-hydrogen) atoms. The van der Waals surface area contributed by atoms with Gasteiger partial charge in [-0.1, -0.05) is 0 Å². The Balaban J connectivity index is 1.71. The number of carbonyl (C=O) groups is 1. The summed E-state index contributed by atoms with van der Waals surface area (Å²) in [5.41, 5.74) is 2.42. The second-order valence-electron chi connectivity index (χ2n) is 5.40. The van der Waals surface area contributed by atoms with Crippen molar-refractivity contribution >= 4 is 28.8 Å². The number of hydrogen-bond donors (Lipinski definition) is 2. The van der Waals surface area contributed by atoms with Crippen LogP contribution in [0.2, 0.25) is 0 Å². The zero-order chi connectivity index (χ0) is 17.6. The Morgan fingerprint density at radius 3 is 1.88 bits per heavy atom. The molecule has 3 rings (SSSR count). The van der Waals surface area contributed by atoms with Gasteiger partial charge in [-0.05, 0) is 55.5 Å². The van der Waals surface area contributed by atoms with E-state index >= 15 is 0 Å². The number of anilines is 4. The van der Waals surface area contributed by atoms with E-state index in [1.807, 2.05) is 42.5 Å². The minimum absolute atomic E-state index is 0.0413. The summed E-state index contributed by atoms with van der Waals surface area (Å²) in [6.45, 7) is 1.55. The number of methoxy groups -OCH3 is 1. The standard InChI is InChI=1S/C19H18N4O2/c1-13(24)14-3-5-15(6-4-14)22-18-11-19(21-12-20-18)23-16-7-9-17(25-2)10-8-16/h3-12H,1-2H3,(H2,20,21,22,23). The SMILES string of the molecule is COc1ccc(Nc2cc(Nc3ccc(C(C)=O)cc3)ncn2)cc1. The van der Waals surface area contributed by atoms with E-state index in [0.717, 1.165) is 17.1 Å². The van der Waals surface area contributed by atoms with Gasteiger partial charge in [0.25, 0.3) is 0 Å². The van der Waals surface area contributed by atoms with Gasteiger partial charge in [0.2, 0.25) is 0 Å². The van der Waals surface area contributed by atoms with Gasteiger partial charge in [-0.2, -0.15) is 0 Å². The lowest BCUT2D eigenvalue weighted by molar-refractivity contribution is 0.101. The molecule has 0 unspecified atom stereocenters. The fourth-order valence-electron chi connectivity index (χ4n) is 2.25. The number of rotatable bonds is 6. The van der Waals surface area contributed by atoms with Crippen molar-refractivity contribution in [3.05, 3.63) is 66.5 Å². The van der Waals surface area contributed by atoms with Gasteiger partial charge in [-0.25, -0.2) is 9.97 Å². The van der Waals surface area contributed by atoms with Crippen LogP contribution in [-0.2, 0) is 0 Å². The molecule has 0 fully saturated rings. The molecule has 3 aromatic rings. The van der Waals surface area contributed by atoms with E-state index in [2.05, 4.69) is 20.6 Å². The van der Waals surface area contributed by atoms with Crippen molar-refractivity contribution in [1.29, 1.82) is 0 Å². The number of nitrogens with one attached hydrogen (secondary N) is 2. The van der Waals surface area contributed by atoms with Crippen LogP contribution >= 0.6 is 0 Å². The van der Waals surface area contributed by atoms with Crippen LogP contribution < -0.4 is 15.4 Å². The Labute approximate surface area is 145 Å². The Kier molecular flexibility index (Phi) is 4.89. The van der Waals surface area contributed by atoms with Crippen molar-refractivity contribution in [2.45, 2.75) is 6.92 Å². The molecule has 1 aromatic heterocycles. The van der Waals surface area contributed by atoms with Gasteiger partial charge < -0.3 is 15.4 Å². The van der Waals surface area contributed by atoms with Gasteiger partial charge in [0.1, 0.15) is 23.7 Å². The first-order chi connectivity index (χ1) is 12.1. The average molecular weight is 334 g/mol. The van der Waals surface area contributed by atoms with Crippen molar-refractivity contribution in [3.8, 4) is 5.75 Å². The summed E-state index contributed by atoms with van der Waals surface area (Å²) < 4.78 is 5.14. The molecule has 0 amide bonds. The molecule has 0 atom stereocenters. The molecule has 0 spiro atoms. The summed E-state index contributed by atoms with van der Waals surface area (Å²) in [5, 5.41) is 6.41. The minimum Gasteiger partial charge on any atom is -0.497 e. The highest BCUT2D eigenvalue weighted by molar-refractivity contribution is 5.94. The van der Waals surface area contributed by atoms with Crippen molar-refractivity contribution in [1.82, 2.24) is 9.97 Å². The van der Waals surface area contributed by atoms with E-state index in [1.54, 1.807) is 26.2 Å². The molecule has 2 aromatic carbocycles. The summed E-state index contributed by atoms with van der Waals surface area (Å²) in [6.07, 6.45) is 1.48. The number of carbonyl (C=O) groups excluding carboxylic acids is 1. The molecule has 6 nitrogen and oxygen atoms in total. The number of Topliss-reactive ketones (excluding diaryl/α,β-unsaturated/α-hetero) is 1. The van der Waals surface area contributed by atoms with E-state index < -0.39 is 0 Å². The maximum Gasteiger partial charge on any atom is 0.159 e. The Hall–Kier alpha value is -3.41. The smallest absolute Gasteiger partial charge is 0.159 e. The normalized spacial score (nSPS) is 10.2. The Morgan fingerprint density at radius 1 is 0.880 bits per heavy atom. The van der Waals surface area contributed by atoms with E-state index in [4.69, 9.17) is 4.74 Å². The van der Waals surface area contributed by atoms with Gasteiger partial charge in [0.05, 0.1) is 7.11 Å². The van der Waals surface area contributed by atoms with Crippen LogP contribution in [0.4, 0.5) is 23.0 Å². The Morgan fingerprint density at radius 2 is 1.40 bits per heavy atom. The summed E-state index contributed by atoms with van der Waals surface area (Å²) in [4.78, 5) is 19.7. The first-order valence-electron chi connectivity index (χ1n) is 7.75. The third kappa shape index (κ3) is 4.32. The van der Waals surface area contributed by atoms with Crippen LogP contribution in [0, 0.1) is 0 Å². The fourth-order valence-corrected chi connectivity index (χ4v) is 2.25. The lowest BCUT2D eigenvalue weighted by atomic mass is 10.1. The number of hydrogen-bond acceptors (Lipinski definition) is 6. The quantitative estimate of drug-likeness (QED) is 0.659. The molecule has 0 saturated heterocycles. The number of aromatic nitrogens is 2. The van der Waals surface area contributed by atoms with Crippen molar-refractivity contribution < 1.29 is 9.53 Å². The average Bonchev–Trinajstić information content (AvgIpc) is 2.63. The van der Waals surface area contributed by atoms with Crippen LogP contribution in [-0.4, -0.2) is 22.9 Å². The molecular formula is C19H18N4O2. The second-order valence-corrected chi connectivity index (χ2v) is 5.40. The maximum absolute atomic E-state index is 11.3. The maximum atomic E-state index is 11.3. The molecular weight excluding hydrogens is 316 g/mol. The summed E-state index contributed by atoms with van der Waals surface area (Å²) in [5.74, 6) is 2.16. The van der Waals surface area contributed by atoms with Gasteiger partial charge in [0, 0.05) is 23.0 Å². The summed E-state index contributed by atoms with van der Waals surface area (Å²) in [7, 11) is 1.63. The molecule has 0 bridgehead atoms. The molecule has 0 aliphatic heterocycles. The zero-order valence-corrected chi connectivity index (χ0v) is 14.0. The van der Waals surface area contributed by atoms with Gasteiger partial charge >= 0.3 is 0 Å². The number of benzene rings is 2. The van der Waals surface area contributed by atoms with Gasteiger partial charge in [-0.15, -0.1) is 0 Å². The van der Waals surface area contributed by atoms with Crippen LogP contribution in [0.3, 0.4) is 0 Å². The fraction of sp³-hybridized carbons (Fsp3) is 0.105. The number of nitrogens with zero attached hydrogens (tertiary/aromatic N) is 2. The van der Waals surface area contributed by atoms with Gasteiger partial charge in [-0.3, -0.25) is 4.79 Å². The lowest BCUT2D eigenvalue weighted by Gasteiger charge is -2.09. The molecule has 2 N–H and O–H groups in total. The first-order valence-corrected chi connectivity index (χ1v) is 7.75. The highest BCUT2D eigenvalue weighted by Gasteiger charge is 2.03. The highest BCUT2D eigenvalue weighted by Crippen LogP contribution is 2.21. The molecule has 0 aliphatic rings. The third-order valence-corrected chi connectivity index (χ3v) is 3.59. The zero-order valence-electron chi connectivity index (χ0n) is 14.0. The molecule has 126 valence electrons. The first kappa shape index (κ1) is 16.4. The van der Waals surface area contributed by atoms with E-state index in [9.17, 15) is 4.79 Å². The van der Waals surface area contributed by atoms with E-state index in [0.29, 0.717) is 17.2 Å². The molecule has 6 heteroatoms. The molecule has 0 aliphatic carbocycles. The highest BCUT2D eigenvalue weighted by atomic mass is 16.5. The van der Waals surface area contributed by atoms with E-state index in [1.165, 1.54) is 6.33 Å². The lowest BCUT2D eigenvalue weighted by Crippen LogP contribution is -1.99. The monoisotopic (exact) mass is 334 g/mol. The van der Waals surface area contributed by atoms with Crippen molar-refractivity contribution in [2.24, 2.45) is 0 Å². The predicted octanol–water partition coefficient (Wildman–Crippen LogP) is 4.18. The summed E-state index contributed by atoms with van der Waals surface area (Å²) >= 11 is 0. The van der Waals surface area contributed by atoms with Crippen LogP contribution in [0.1, 0.15) is 17.3 Å². The van der Waals surface area contributed by atoms with Crippen molar-refractivity contribution in [3.63, 3.8) is 0 Å². The second kappa shape index (κ2) is 7.44. The summed E-state index contributed by atoms with van der Waals surface area (Å²) in [6, 6.07) is 16.6. The molecule has 1 heterocycles. The largest absolute Gasteiger partial charge is 0.497 e. The van der Waals surface area contributed by atoms with Crippen LogP contribution in [0.15, 0.2) is 60.9 Å². The predicted molar refractivity (Wildman–Crippen MR) is 98.0 cm³/mol. The van der Waals surface area contributed by atoms with Crippen LogP contribution in [0.5, 0.6) is 5.75 Å². The number of ketones is 1. The topological polar surface area (TPSA) is 76.1 Å². The van der Waals surface area contributed by atoms with Crippen molar-refractivity contribution in [2.75, 3.05) is 17.7 Å².